The third-order valence-corrected chi connectivity index (χ3v) is 4.19. The molecule has 110 valence electrons. The van der Waals surface area contributed by atoms with Gasteiger partial charge in [0.2, 0.25) is 5.88 Å². The molecule has 0 saturated heterocycles. The zero-order valence-electron chi connectivity index (χ0n) is 11.2. The van der Waals surface area contributed by atoms with Crippen LogP contribution in [0, 0.1) is 12.7 Å². The monoisotopic (exact) mass is 371 g/mol. The molecule has 0 spiro atoms. The Kier molecular flexibility index (Phi) is 3.75. The maximum atomic E-state index is 13.6. The number of anilines is 1. The van der Waals surface area contributed by atoms with Crippen molar-refractivity contribution >= 4 is 33.3 Å². The van der Waals surface area contributed by atoms with Crippen LogP contribution in [0.3, 0.4) is 0 Å². The molecule has 0 radical (unpaired) electrons. The van der Waals surface area contributed by atoms with Gasteiger partial charge in [0.1, 0.15) is 23.2 Å². The number of aromatic nitrogens is 2. The fourth-order valence-electron chi connectivity index (χ4n) is 1.84. The summed E-state index contributed by atoms with van der Waals surface area (Å²) in [5.74, 6) is 1.48. The van der Waals surface area contributed by atoms with Crippen LogP contribution in [0.15, 0.2) is 16.6 Å². The SMILES string of the molecule is Cc1c(N)nc(C2CC2)nc1Oc1cc(F)c(Cl)cc1Br. The van der Waals surface area contributed by atoms with E-state index in [1.54, 1.807) is 6.92 Å². The van der Waals surface area contributed by atoms with Crippen molar-refractivity contribution in [2.24, 2.45) is 0 Å². The zero-order valence-corrected chi connectivity index (χ0v) is 13.5. The van der Waals surface area contributed by atoms with Gasteiger partial charge in [-0.3, -0.25) is 0 Å². The normalized spacial score (nSPS) is 14.3. The topological polar surface area (TPSA) is 61.0 Å². The van der Waals surface area contributed by atoms with Crippen LogP contribution in [0.25, 0.3) is 0 Å². The van der Waals surface area contributed by atoms with Crippen molar-refractivity contribution < 1.29 is 9.13 Å². The lowest BCUT2D eigenvalue weighted by atomic mass is 10.3. The molecule has 1 aromatic heterocycles. The first-order chi connectivity index (χ1) is 9.95. The number of benzene rings is 1. The highest BCUT2D eigenvalue weighted by Crippen LogP contribution is 2.41. The van der Waals surface area contributed by atoms with Gasteiger partial charge in [0.25, 0.3) is 0 Å². The zero-order chi connectivity index (χ0) is 15.1. The van der Waals surface area contributed by atoms with Crippen LogP contribution in [0.5, 0.6) is 11.6 Å². The lowest BCUT2D eigenvalue weighted by Gasteiger charge is -2.12. The maximum Gasteiger partial charge on any atom is 0.227 e. The predicted octanol–water partition coefficient (Wildman–Crippen LogP) is 4.59. The molecule has 2 aromatic rings. The largest absolute Gasteiger partial charge is 0.437 e. The Hall–Kier alpha value is -1.40. The summed E-state index contributed by atoms with van der Waals surface area (Å²) in [4.78, 5) is 8.66. The number of nitrogens with zero attached hydrogens (tertiary/aromatic N) is 2. The molecule has 1 aliphatic carbocycles. The highest BCUT2D eigenvalue weighted by atomic mass is 79.9. The minimum absolute atomic E-state index is 0.0202. The Morgan fingerprint density at radius 2 is 2.10 bits per heavy atom. The standard InChI is InChI=1S/C14H12BrClFN3O/c1-6-12(18)19-13(7-2-3-7)20-14(6)21-11-5-10(17)9(16)4-8(11)15/h4-5,7H,2-3H2,1H3,(H2,18,19,20). The van der Waals surface area contributed by atoms with Crippen molar-refractivity contribution in [3.8, 4) is 11.6 Å². The van der Waals surface area contributed by atoms with Crippen LogP contribution in [0.4, 0.5) is 10.2 Å². The van der Waals surface area contributed by atoms with E-state index in [0.717, 1.165) is 12.8 Å². The van der Waals surface area contributed by atoms with Gasteiger partial charge in [-0.15, -0.1) is 0 Å². The summed E-state index contributed by atoms with van der Waals surface area (Å²) in [6.45, 7) is 1.77. The second-order valence-corrected chi connectivity index (χ2v) is 6.23. The number of nitrogen functional groups attached to an aromatic ring is 1. The third-order valence-electron chi connectivity index (χ3n) is 3.28. The first-order valence-electron chi connectivity index (χ1n) is 6.42. The average molecular weight is 373 g/mol. The van der Waals surface area contributed by atoms with E-state index >= 15 is 0 Å². The van der Waals surface area contributed by atoms with E-state index in [2.05, 4.69) is 25.9 Å². The number of ether oxygens (including phenoxy) is 1. The molecule has 0 amide bonds. The van der Waals surface area contributed by atoms with Gasteiger partial charge < -0.3 is 10.5 Å². The Morgan fingerprint density at radius 1 is 1.38 bits per heavy atom. The molecule has 2 N–H and O–H groups in total. The van der Waals surface area contributed by atoms with Gasteiger partial charge in [-0.25, -0.2) is 9.37 Å². The van der Waals surface area contributed by atoms with E-state index in [4.69, 9.17) is 22.1 Å². The van der Waals surface area contributed by atoms with Gasteiger partial charge in [0.15, 0.2) is 0 Å². The van der Waals surface area contributed by atoms with Gasteiger partial charge in [0, 0.05) is 12.0 Å². The molecule has 1 saturated carbocycles. The first-order valence-corrected chi connectivity index (χ1v) is 7.59. The fraction of sp³-hybridized carbons (Fsp3) is 0.286. The highest BCUT2D eigenvalue weighted by molar-refractivity contribution is 9.10. The van der Waals surface area contributed by atoms with Gasteiger partial charge >= 0.3 is 0 Å². The number of nitrogens with two attached hydrogens (primary N) is 1. The number of hydrogen-bond donors (Lipinski definition) is 1. The predicted molar refractivity (Wildman–Crippen MR) is 82.3 cm³/mol. The molecule has 1 fully saturated rings. The van der Waals surface area contributed by atoms with Crippen LogP contribution >= 0.6 is 27.5 Å². The van der Waals surface area contributed by atoms with E-state index in [1.807, 2.05) is 0 Å². The quantitative estimate of drug-likeness (QED) is 0.800. The molecular weight excluding hydrogens is 361 g/mol. The minimum Gasteiger partial charge on any atom is -0.437 e. The second-order valence-electron chi connectivity index (χ2n) is 4.97. The summed E-state index contributed by atoms with van der Waals surface area (Å²) >= 11 is 9.01. The smallest absolute Gasteiger partial charge is 0.227 e. The molecule has 7 heteroatoms. The van der Waals surface area contributed by atoms with Crippen molar-refractivity contribution in [1.29, 1.82) is 0 Å². The molecule has 1 aliphatic rings. The van der Waals surface area contributed by atoms with E-state index in [9.17, 15) is 4.39 Å². The van der Waals surface area contributed by atoms with E-state index in [0.29, 0.717) is 39.2 Å². The van der Waals surface area contributed by atoms with Gasteiger partial charge in [-0.05, 0) is 41.8 Å². The van der Waals surface area contributed by atoms with Crippen molar-refractivity contribution in [2.45, 2.75) is 25.7 Å². The van der Waals surface area contributed by atoms with Gasteiger partial charge in [0.05, 0.1) is 15.1 Å². The maximum absolute atomic E-state index is 13.6. The number of hydrogen-bond acceptors (Lipinski definition) is 4. The van der Waals surface area contributed by atoms with Crippen molar-refractivity contribution in [1.82, 2.24) is 9.97 Å². The van der Waals surface area contributed by atoms with Gasteiger partial charge in [-0.2, -0.15) is 4.98 Å². The highest BCUT2D eigenvalue weighted by Gasteiger charge is 2.28. The van der Waals surface area contributed by atoms with E-state index < -0.39 is 5.82 Å². The van der Waals surface area contributed by atoms with Crippen LogP contribution in [-0.2, 0) is 0 Å². The number of rotatable bonds is 3. The van der Waals surface area contributed by atoms with Gasteiger partial charge in [-0.1, -0.05) is 11.6 Å². The average Bonchev–Trinajstić information content (AvgIpc) is 3.25. The molecule has 3 rings (SSSR count). The fourth-order valence-corrected chi connectivity index (χ4v) is 2.56. The van der Waals surface area contributed by atoms with Crippen LogP contribution < -0.4 is 10.5 Å². The molecule has 4 nitrogen and oxygen atoms in total. The molecule has 0 bridgehead atoms. The van der Waals surface area contributed by atoms with E-state index in [-0.39, 0.29) is 5.02 Å². The molecule has 1 aromatic carbocycles. The van der Waals surface area contributed by atoms with Crippen LogP contribution in [0.1, 0.15) is 30.1 Å². The summed E-state index contributed by atoms with van der Waals surface area (Å²) in [5.41, 5.74) is 6.52. The molecule has 0 aliphatic heterocycles. The lowest BCUT2D eigenvalue weighted by Crippen LogP contribution is -2.04. The summed E-state index contributed by atoms with van der Waals surface area (Å²) < 4.78 is 19.8. The third kappa shape index (κ3) is 2.96. The Labute approximate surface area is 134 Å². The Bertz CT molecular complexity index is 722. The summed E-state index contributed by atoms with van der Waals surface area (Å²) in [6, 6.07) is 2.65. The van der Waals surface area contributed by atoms with E-state index in [1.165, 1.54) is 12.1 Å². The first kappa shape index (κ1) is 14.5. The number of halogens is 3. The lowest BCUT2D eigenvalue weighted by molar-refractivity contribution is 0.448. The minimum atomic E-state index is -0.558. The van der Waals surface area contributed by atoms with Crippen molar-refractivity contribution in [3.63, 3.8) is 0 Å². The molecule has 0 atom stereocenters. The van der Waals surface area contributed by atoms with Crippen molar-refractivity contribution in [3.05, 3.63) is 38.8 Å². The Morgan fingerprint density at radius 3 is 2.76 bits per heavy atom. The molecule has 0 unspecified atom stereocenters. The Balaban J connectivity index is 1.99. The second kappa shape index (κ2) is 5.42. The van der Waals surface area contributed by atoms with Crippen molar-refractivity contribution in [2.75, 3.05) is 5.73 Å². The summed E-state index contributed by atoms with van der Waals surface area (Å²) in [6.07, 6.45) is 2.11. The van der Waals surface area contributed by atoms with Crippen LogP contribution in [0.2, 0.25) is 5.02 Å². The summed E-state index contributed by atoms with van der Waals surface area (Å²) in [7, 11) is 0. The molecular formula is C14H12BrClFN3O. The van der Waals surface area contributed by atoms with Crippen LogP contribution in [-0.4, -0.2) is 9.97 Å². The summed E-state index contributed by atoms with van der Waals surface area (Å²) in [5, 5.41) is 0.0202. The molecule has 21 heavy (non-hydrogen) atoms. The molecule has 1 heterocycles.